The quantitative estimate of drug-likeness (QED) is 0.274. The van der Waals surface area contributed by atoms with Gasteiger partial charge in [0.05, 0.1) is 16.1 Å². The van der Waals surface area contributed by atoms with E-state index in [-0.39, 0.29) is 41.2 Å². The molecule has 0 radical (unpaired) electrons. The average molecular weight is 479 g/mol. The number of nitro benzene ring substituents is 1. The number of benzene rings is 3. The number of aryl methyl sites for hydroxylation is 1. The summed E-state index contributed by atoms with van der Waals surface area (Å²) in [5.74, 6) is -2.15. The van der Waals surface area contributed by atoms with Gasteiger partial charge in [-0.1, -0.05) is 42.5 Å². The molecule has 0 amide bonds. The topological polar surface area (TPSA) is 119 Å². The summed E-state index contributed by atoms with van der Waals surface area (Å²) in [6.45, 7) is 1.95. The first kappa shape index (κ1) is 25.4. The Hall–Kier alpha value is -4.24. The minimum Gasteiger partial charge on any atom is -0.507 e. The van der Waals surface area contributed by atoms with Crippen molar-refractivity contribution in [2.75, 3.05) is 27.2 Å². The lowest BCUT2D eigenvalue weighted by Gasteiger charge is -2.18. The van der Waals surface area contributed by atoms with Crippen LogP contribution >= 0.6 is 0 Å². The van der Waals surface area contributed by atoms with Crippen molar-refractivity contribution in [3.05, 3.63) is 93.0 Å². The van der Waals surface area contributed by atoms with Gasteiger partial charge in [0.1, 0.15) is 24.5 Å². The van der Waals surface area contributed by atoms with E-state index in [1.54, 1.807) is 56.3 Å². The summed E-state index contributed by atoms with van der Waals surface area (Å²) in [5, 5.41) is 22.5. The minimum absolute atomic E-state index is 0.0114. The Kier molecular flexibility index (Phi) is 8.17. The molecule has 9 nitrogen and oxygen atoms in total. The van der Waals surface area contributed by atoms with Gasteiger partial charge in [0.15, 0.2) is 0 Å². The fraction of sp³-hybridized carbons (Fsp3) is 0.231. The predicted molar refractivity (Wildman–Crippen MR) is 129 cm³/mol. The van der Waals surface area contributed by atoms with Gasteiger partial charge in [-0.15, -0.1) is 0 Å². The number of nitro groups is 1. The summed E-state index contributed by atoms with van der Waals surface area (Å²) in [6, 6.07) is 15.9. The molecule has 0 aromatic heterocycles. The number of carbonyl (C=O) groups excluding carboxylic acids is 2. The van der Waals surface area contributed by atoms with Crippen molar-refractivity contribution in [1.82, 2.24) is 4.90 Å². The van der Waals surface area contributed by atoms with E-state index in [1.807, 2.05) is 6.07 Å². The molecule has 3 aromatic rings. The number of hydrogen-bond donors (Lipinski definition) is 1. The van der Waals surface area contributed by atoms with Gasteiger partial charge in [-0.25, -0.2) is 9.59 Å². The van der Waals surface area contributed by atoms with E-state index < -0.39 is 22.6 Å². The van der Waals surface area contributed by atoms with Crippen LogP contribution in [-0.4, -0.2) is 54.1 Å². The van der Waals surface area contributed by atoms with Crippen LogP contribution in [0.1, 0.15) is 31.8 Å². The first-order valence-electron chi connectivity index (χ1n) is 10.8. The van der Waals surface area contributed by atoms with Crippen LogP contribution in [-0.2, 0) is 16.1 Å². The summed E-state index contributed by atoms with van der Waals surface area (Å²) in [5.41, 5.74) is 0.177. The molecule has 0 spiro atoms. The number of para-hydroxylation sites is 1. The van der Waals surface area contributed by atoms with Gasteiger partial charge in [-0.3, -0.25) is 10.1 Å². The Morgan fingerprint density at radius 3 is 2.26 bits per heavy atom. The van der Waals surface area contributed by atoms with Crippen molar-refractivity contribution < 1.29 is 29.1 Å². The molecule has 1 N–H and O–H groups in total. The van der Waals surface area contributed by atoms with Gasteiger partial charge in [-0.05, 0) is 44.3 Å². The fourth-order valence-corrected chi connectivity index (χ4v) is 3.57. The second-order valence-corrected chi connectivity index (χ2v) is 8.11. The van der Waals surface area contributed by atoms with Crippen LogP contribution in [0, 0.1) is 17.0 Å². The van der Waals surface area contributed by atoms with Crippen LogP contribution in [0.5, 0.6) is 5.75 Å². The molecule has 0 atom stereocenters. The molecule has 3 aromatic carbocycles. The summed E-state index contributed by atoms with van der Waals surface area (Å²) < 4.78 is 10.8. The van der Waals surface area contributed by atoms with Gasteiger partial charge in [0, 0.05) is 18.2 Å². The van der Waals surface area contributed by atoms with E-state index >= 15 is 0 Å². The van der Waals surface area contributed by atoms with Crippen LogP contribution < -0.4 is 0 Å². The summed E-state index contributed by atoms with van der Waals surface area (Å²) >= 11 is 0. The third kappa shape index (κ3) is 6.01. The number of nitrogens with zero attached hydrogens (tertiary/aromatic N) is 2. The van der Waals surface area contributed by atoms with Crippen molar-refractivity contribution in [3.63, 3.8) is 0 Å². The molecule has 3 rings (SSSR count). The molecule has 0 saturated heterocycles. The molecule has 0 aliphatic heterocycles. The average Bonchev–Trinajstić information content (AvgIpc) is 2.82. The summed E-state index contributed by atoms with van der Waals surface area (Å²) in [6.07, 6.45) is 0. The maximum absolute atomic E-state index is 13.3. The highest BCUT2D eigenvalue weighted by atomic mass is 16.6. The molecular weight excluding hydrogens is 452 g/mol. The monoisotopic (exact) mass is 478 g/mol. The van der Waals surface area contributed by atoms with E-state index in [0.29, 0.717) is 12.1 Å². The zero-order valence-electron chi connectivity index (χ0n) is 19.7. The number of rotatable bonds is 9. The molecular formula is C26H26N2O7. The number of phenolic OH excluding ortho intramolecular Hbond substituents is 1. The van der Waals surface area contributed by atoms with Gasteiger partial charge in [0.25, 0.3) is 5.69 Å². The van der Waals surface area contributed by atoms with Gasteiger partial charge >= 0.3 is 11.9 Å². The van der Waals surface area contributed by atoms with Crippen molar-refractivity contribution in [2.24, 2.45) is 0 Å². The zero-order chi connectivity index (χ0) is 25.5. The Balaban J connectivity index is 2.16. The predicted octanol–water partition coefficient (Wildman–Crippen LogP) is 4.35. The summed E-state index contributed by atoms with van der Waals surface area (Å²) in [4.78, 5) is 39.3. The zero-order valence-corrected chi connectivity index (χ0v) is 19.7. The number of ether oxygens (including phenoxy) is 2. The minimum atomic E-state index is -0.908. The molecule has 9 heteroatoms. The standard InChI is InChI=1S/C26H26N2O7/c1-17-15-21(29)24(26(31)34-14-13-27(2)3)23(19-11-7-8-12-20(19)28(32)33)22(17)25(30)35-16-18-9-5-4-6-10-18/h4-12,15,29H,13-14,16H2,1-3H3. The first-order chi connectivity index (χ1) is 16.7. The van der Waals surface area contributed by atoms with Crippen molar-refractivity contribution in [2.45, 2.75) is 13.5 Å². The molecule has 0 unspecified atom stereocenters. The lowest BCUT2D eigenvalue weighted by atomic mass is 9.89. The van der Waals surface area contributed by atoms with E-state index in [0.717, 1.165) is 5.56 Å². The maximum atomic E-state index is 13.3. The number of phenols is 1. The van der Waals surface area contributed by atoms with Crippen LogP contribution in [0.25, 0.3) is 11.1 Å². The maximum Gasteiger partial charge on any atom is 0.342 e. The summed E-state index contributed by atoms with van der Waals surface area (Å²) in [7, 11) is 3.60. The second kappa shape index (κ2) is 11.3. The van der Waals surface area contributed by atoms with Crippen LogP contribution in [0.4, 0.5) is 5.69 Å². The molecule has 0 aliphatic carbocycles. The Bertz CT molecular complexity index is 1240. The molecule has 0 fully saturated rings. The highest BCUT2D eigenvalue weighted by Crippen LogP contribution is 2.41. The highest BCUT2D eigenvalue weighted by molar-refractivity contribution is 6.09. The van der Waals surface area contributed by atoms with Crippen LogP contribution in [0.3, 0.4) is 0 Å². The molecule has 182 valence electrons. The Morgan fingerprint density at radius 2 is 1.60 bits per heavy atom. The second-order valence-electron chi connectivity index (χ2n) is 8.11. The van der Waals surface area contributed by atoms with E-state index in [1.165, 1.54) is 24.3 Å². The van der Waals surface area contributed by atoms with Crippen LogP contribution in [0.2, 0.25) is 0 Å². The van der Waals surface area contributed by atoms with Crippen molar-refractivity contribution in [3.8, 4) is 16.9 Å². The van der Waals surface area contributed by atoms with Crippen LogP contribution in [0.15, 0.2) is 60.7 Å². The van der Waals surface area contributed by atoms with Crippen molar-refractivity contribution in [1.29, 1.82) is 0 Å². The smallest absolute Gasteiger partial charge is 0.342 e. The van der Waals surface area contributed by atoms with E-state index in [9.17, 15) is 24.8 Å². The molecule has 0 saturated carbocycles. The third-order valence-electron chi connectivity index (χ3n) is 5.27. The lowest BCUT2D eigenvalue weighted by molar-refractivity contribution is -0.384. The van der Waals surface area contributed by atoms with Gasteiger partial charge < -0.3 is 19.5 Å². The van der Waals surface area contributed by atoms with Gasteiger partial charge in [-0.2, -0.15) is 0 Å². The number of likely N-dealkylation sites (N-methyl/N-ethyl adjacent to an activating group) is 1. The molecule has 0 aliphatic rings. The SMILES string of the molecule is Cc1cc(O)c(C(=O)OCCN(C)C)c(-c2ccccc2[N+](=O)[O-])c1C(=O)OCc1ccccc1. The van der Waals surface area contributed by atoms with Crippen molar-refractivity contribution >= 4 is 17.6 Å². The number of aromatic hydroxyl groups is 1. The van der Waals surface area contributed by atoms with E-state index in [2.05, 4.69) is 0 Å². The molecule has 0 heterocycles. The number of hydrogen-bond acceptors (Lipinski definition) is 8. The largest absolute Gasteiger partial charge is 0.507 e. The fourth-order valence-electron chi connectivity index (χ4n) is 3.57. The van der Waals surface area contributed by atoms with E-state index in [4.69, 9.17) is 9.47 Å². The lowest BCUT2D eigenvalue weighted by Crippen LogP contribution is -2.21. The molecule has 35 heavy (non-hydrogen) atoms. The normalized spacial score (nSPS) is 10.7. The first-order valence-corrected chi connectivity index (χ1v) is 10.8. The number of esters is 2. The number of carbonyl (C=O) groups is 2. The Labute approximate surface area is 202 Å². The molecule has 0 bridgehead atoms. The third-order valence-corrected chi connectivity index (χ3v) is 5.27. The highest BCUT2D eigenvalue weighted by Gasteiger charge is 2.31. The Morgan fingerprint density at radius 1 is 0.971 bits per heavy atom. The van der Waals surface area contributed by atoms with Gasteiger partial charge in [0.2, 0.25) is 0 Å².